The van der Waals surface area contributed by atoms with Gasteiger partial charge in [0.1, 0.15) is 16.9 Å². The number of nitrogens with one attached hydrogen (secondary N) is 2. The zero-order chi connectivity index (χ0) is 19.8. The number of benzene rings is 2. The lowest BCUT2D eigenvalue weighted by molar-refractivity contribution is -0.116. The summed E-state index contributed by atoms with van der Waals surface area (Å²) < 4.78 is 14.8. The molecule has 0 spiro atoms. The van der Waals surface area contributed by atoms with E-state index in [1.165, 1.54) is 23.0 Å². The highest BCUT2D eigenvalue weighted by atomic mass is 35.5. The number of H-pyrrole nitrogens is 1. The molecule has 2 aromatic carbocycles. The van der Waals surface area contributed by atoms with E-state index < -0.39 is 5.82 Å². The summed E-state index contributed by atoms with van der Waals surface area (Å²) in [4.78, 5) is 32.3. The topological polar surface area (TPSA) is 79.8 Å². The van der Waals surface area contributed by atoms with Gasteiger partial charge in [0, 0.05) is 29.6 Å². The standard InChI is InChI=1S/C20H16ClFN4O2/c1-11-2-5-16-13(8-11)18-19(25-16)20(28)26(10-23-18)7-6-17(27)24-12-3-4-14(21)15(22)9-12/h2-5,8-10,25H,6-7H2,1H3,(H,24,27). The van der Waals surface area contributed by atoms with Crippen LogP contribution < -0.4 is 10.9 Å². The first kappa shape index (κ1) is 18.2. The molecule has 0 radical (unpaired) electrons. The van der Waals surface area contributed by atoms with Gasteiger partial charge >= 0.3 is 0 Å². The molecular formula is C20H16ClFN4O2. The summed E-state index contributed by atoms with van der Waals surface area (Å²) in [7, 11) is 0. The minimum absolute atomic E-state index is 0.0162. The average molecular weight is 399 g/mol. The summed E-state index contributed by atoms with van der Waals surface area (Å²) in [6.07, 6.45) is 1.48. The predicted octanol–water partition coefficient (Wildman–Crippen LogP) is 4.01. The fraction of sp³-hybridized carbons (Fsp3) is 0.150. The van der Waals surface area contributed by atoms with Crippen LogP contribution >= 0.6 is 11.6 Å². The van der Waals surface area contributed by atoms with Crippen molar-refractivity contribution in [1.29, 1.82) is 0 Å². The Kier molecular flexibility index (Phi) is 4.60. The van der Waals surface area contributed by atoms with Gasteiger partial charge in [0.15, 0.2) is 0 Å². The van der Waals surface area contributed by atoms with E-state index in [0.717, 1.165) is 22.5 Å². The van der Waals surface area contributed by atoms with E-state index in [-0.39, 0.29) is 29.5 Å². The molecule has 2 N–H and O–H groups in total. The molecule has 0 unspecified atom stereocenters. The number of hydrogen-bond donors (Lipinski definition) is 2. The third kappa shape index (κ3) is 3.36. The highest BCUT2D eigenvalue weighted by Crippen LogP contribution is 2.22. The van der Waals surface area contributed by atoms with Gasteiger partial charge in [-0.05, 0) is 37.3 Å². The van der Waals surface area contributed by atoms with Crippen molar-refractivity contribution in [2.45, 2.75) is 19.9 Å². The molecule has 28 heavy (non-hydrogen) atoms. The number of hydrogen-bond acceptors (Lipinski definition) is 3. The van der Waals surface area contributed by atoms with Gasteiger partial charge in [-0.15, -0.1) is 0 Å². The zero-order valence-corrected chi connectivity index (χ0v) is 15.7. The monoisotopic (exact) mass is 398 g/mol. The molecule has 0 aliphatic rings. The quantitative estimate of drug-likeness (QED) is 0.545. The van der Waals surface area contributed by atoms with Crippen molar-refractivity contribution in [1.82, 2.24) is 14.5 Å². The molecule has 0 saturated carbocycles. The number of anilines is 1. The molecular weight excluding hydrogens is 383 g/mol. The highest BCUT2D eigenvalue weighted by molar-refractivity contribution is 6.30. The van der Waals surface area contributed by atoms with Crippen molar-refractivity contribution in [2.75, 3.05) is 5.32 Å². The fourth-order valence-electron chi connectivity index (χ4n) is 3.08. The number of nitrogens with zero attached hydrogens (tertiary/aromatic N) is 2. The van der Waals surface area contributed by atoms with E-state index in [2.05, 4.69) is 15.3 Å². The van der Waals surface area contributed by atoms with E-state index in [9.17, 15) is 14.0 Å². The van der Waals surface area contributed by atoms with E-state index in [1.807, 2.05) is 25.1 Å². The van der Waals surface area contributed by atoms with Gasteiger partial charge in [-0.2, -0.15) is 0 Å². The van der Waals surface area contributed by atoms with Crippen LogP contribution in [0, 0.1) is 12.7 Å². The SMILES string of the molecule is Cc1ccc2[nH]c3c(=O)n(CCC(=O)Nc4ccc(Cl)c(F)c4)cnc3c2c1. The number of carbonyl (C=O) groups is 1. The first-order chi connectivity index (χ1) is 13.4. The van der Waals surface area contributed by atoms with Gasteiger partial charge in [0.25, 0.3) is 5.56 Å². The fourth-order valence-corrected chi connectivity index (χ4v) is 3.20. The number of fused-ring (bicyclic) bond motifs is 3. The Balaban J connectivity index is 1.54. The van der Waals surface area contributed by atoms with Gasteiger partial charge in [0.2, 0.25) is 5.91 Å². The van der Waals surface area contributed by atoms with Gasteiger partial charge in [-0.25, -0.2) is 9.37 Å². The molecule has 1 amide bonds. The maximum absolute atomic E-state index is 13.5. The van der Waals surface area contributed by atoms with Crippen molar-refractivity contribution in [3.8, 4) is 0 Å². The van der Waals surface area contributed by atoms with E-state index in [4.69, 9.17) is 11.6 Å². The molecule has 0 atom stereocenters. The second-order valence-electron chi connectivity index (χ2n) is 6.57. The zero-order valence-electron chi connectivity index (χ0n) is 14.9. The molecule has 2 aromatic heterocycles. The molecule has 4 rings (SSSR count). The molecule has 0 aliphatic carbocycles. The second-order valence-corrected chi connectivity index (χ2v) is 6.98. The first-order valence-electron chi connectivity index (χ1n) is 8.65. The second kappa shape index (κ2) is 7.09. The van der Waals surface area contributed by atoms with Crippen molar-refractivity contribution in [2.24, 2.45) is 0 Å². The Morgan fingerprint density at radius 1 is 1.29 bits per heavy atom. The third-order valence-electron chi connectivity index (χ3n) is 4.51. The van der Waals surface area contributed by atoms with Crippen LogP contribution in [0.25, 0.3) is 21.9 Å². The summed E-state index contributed by atoms with van der Waals surface area (Å²) in [6.45, 7) is 2.13. The molecule has 0 bridgehead atoms. The number of halogens is 2. The van der Waals surface area contributed by atoms with Crippen molar-refractivity contribution in [3.05, 3.63) is 69.5 Å². The molecule has 0 fully saturated rings. The number of rotatable bonds is 4. The average Bonchev–Trinajstić information content (AvgIpc) is 3.03. The Hall–Kier alpha value is -3.19. The largest absolute Gasteiger partial charge is 0.349 e. The lowest BCUT2D eigenvalue weighted by atomic mass is 10.2. The van der Waals surface area contributed by atoms with Crippen LogP contribution in [0.3, 0.4) is 0 Å². The Bertz CT molecular complexity index is 1280. The normalized spacial score (nSPS) is 11.2. The summed E-state index contributed by atoms with van der Waals surface area (Å²) in [5.41, 5.74) is 2.99. The summed E-state index contributed by atoms with van der Waals surface area (Å²) >= 11 is 5.63. The van der Waals surface area contributed by atoms with Crippen LogP contribution in [-0.4, -0.2) is 20.4 Å². The van der Waals surface area contributed by atoms with Crippen molar-refractivity contribution in [3.63, 3.8) is 0 Å². The van der Waals surface area contributed by atoms with Crippen molar-refractivity contribution < 1.29 is 9.18 Å². The Morgan fingerprint density at radius 2 is 2.11 bits per heavy atom. The number of carbonyl (C=O) groups excluding carboxylic acids is 1. The summed E-state index contributed by atoms with van der Waals surface area (Å²) in [6, 6.07) is 9.87. The van der Waals surface area contributed by atoms with Gasteiger partial charge in [-0.1, -0.05) is 23.2 Å². The molecule has 2 heterocycles. The number of aromatic amines is 1. The minimum atomic E-state index is -0.612. The molecule has 8 heteroatoms. The highest BCUT2D eigenvalue weighted by Gasteiger charge is 2.12. The van der Waals surface area contributed by atoms with Gasteiger partial charge in [0.05, 0.1) is 11.3 Å². The predicted molar refractivity (Wildman–Crippen MR) is 107 cm³/mol. The van der Waals surface area contributed by atoms with Crippen LogP contribution in [0.5, 0.6) is 0 Å². The summed E-state index contributed by atoms with van der Waals surface area (Å²) in [5, 5.41) is 3.46. The van der Waals surface area contributed by atoms with Crippen LogP contribution in [0.15, 0.2) is 47.5 Å². The number of aromatic nitrogens is 3. The Morgan fingerprint density at radius 3 is 2.89 bits per heavy atom. The maximum Gasteiger partial charge on any atom is 0.277 e. The molecule has 0 aliphatic heterocycles. The van der Waals surface area contributed by atoms with E-state index in [1.54, 1.807) is 0 Å². The van der Waals surface area contributed by atoms with Crippen LogP contribution in [0.2, 0.25) is 5.02 Å². The van der Waals surface area contributed by atoms with Crippen LogP contribution in [-0.2, 0) is 11.3 Å². The van der Waals surface area contributed by atoms with Crippen LogP contribution in [0.1, 0.15) is 12.0 Å². The van der Waals surface area contributed by atoms with Gasteiger partial charge in [-0.3, -0.25) is 14.2 Å². The molecule has 6 nitrogen and oxygen atoms in total. The molecule has 4 aromatic rings. The first-order valence-corrected chi connectivity index (χ1v) is 9.02. The maximum atomic E-state index is 13.5. The van der Waals surface area contributed by atoms with E-state index in [0.29, 0.717) is 16.7 Å². The number of amides is 1. The Labute approximate surface area is 164 Å². The minimum Gasteiger partial charge on any atom is -0.349 e. The lowest BCUT2D eigenvalue weighted by Gasteiger charge is -2.07. The third-order valence-corrected chi connectivity index (χ3v) is 4.82. The number of aryl methyl sites for hydroxylation is 2. The van der Waals surface area contributed by atoms with Crippen LogP contribution in [0.4, 0.5) is 10.1 Å². The van der Waals surface area contributed by atoms with Crippen molar-refractivity contribution >= 4 is 45.1 Å². The molecule has 0 saturated heterocycles. The lowest BCUT2D eigenvalue weighted by Crippen LogP contribution is -2.23. The molecule has 142 valence electrons. The summed E-state index contributed by atoms with van der Waals surface area (Å²) in [5.74, 6) is -0.958. The van der Waals surface area contributed by atoms with Gasteiger partial charge < -0.3 is 10.3 Å². The van der Waals surface area contributed by atoms with E-state index >= 15 is 0 Å². The smallest absolute Gasteiger partial charge is 0.277 e.